The summed E-state index contributed by atoms with van der Waals surface area (Å²) in [4.78, 5) is 16.2. The molecule has 0 aromatic heterocycles. The Morgan fingerprint density at radius 2 is 2.11 bits per heavy atom. The van der Waals surface area contributed by atoms with Crippen LogP contribution < -0.4 is 10.1 Å². The molecule has 1 aliphatic rings. The van der Waals surface area contributed by atoms with Gasteiger partial charge in [-0.3, -0.25) is 4.79 Å². The van der Waals surface area contributed by atoms with Crippen molar-refractivity contribution in [2.75, 3.05) is 7.11 Å². The molecule has 0 aliphatic carbocycles. The largest absolute Gasteiger partial charge is 0.496 e. The SMILES string of the molecule is COc1ccc(C)cc1/C=C1/N=C(C(C)C)NC1=O. The quantitative estimate of drug-likeness (QED) is 0.847. The topological polar surface area (TPSA) is 50.7 Å². The molecule has 19 heavy (non-hydrogen) atoms. The van der Waals surface area contributed by atoms with Crippen LogP contribution in [0.15, 0.2) is 28.9 Å². The zero-order valence-electron chi connectivity index (χ0n) is 11.7. The number of hydrogen-bond acceptors (Lipinski definition) is 3. The van der Waals surface area contributed by atoms with Crippen molar-refractivity contribution < 1.29 is 9.53 Å². The van der Waals surface area contributed by atoms with Crippen molar-refractivity contribution in [1.82, 2.24) is 5.32 Å². The predicted molar refractivity (Wildman–Crippen MR) is 76.1 cm³/mol. The molecule has 1 aromatic carbocycles. The molecule has 4 nitrogen and oxygen atoms in total. The number of amidine groups is 1. The van der Waals surface area contributed by atoms with E-state index in [0.717, 1.165) is 16.9 Å². The summed E-state index contributed by atoms with van der Waals surface area (Å²) >= 11 is 0. The molecule has 4 heteroatoms. The summed E-state index contributed by atoms with van der Waals surface area (Å²) in [6.45, 7) is 5.99. The summed E-state index contributed by atoms with van der Waals surface area (Å²) in [5.41, 5.74) is 2.40. The Morgan fingerprint density at radius 1 is 1.37 bits per heavy atom. The molecule has 2 rings (SSSR count). The number of amides is 1. The summed E-state index contributed by atoms with van der Waals surface area (Å²) in [5, 5.41) is 2.78. The predicted octanol–water partition coefficient (Wildman–Crippen LogP) is 2.53. The zero-order valence-corrected chi connectivity index (χ0v) is 11.7. The molecule has 1 heterocycles. The molecule has 100 valence electrons. The van der Waals surface area contributed by atoms with E-state index in [2.05, 4.69) is 10.3 Å². The number of methoxy groups -OCH3 is 1. The molecule has 0 saturated carbocycles. The fourth-order valence-electron chi connectivity index (χ4n) is 1.87. The Hall–Kier alpha value is -2.10. The first-order valence-electron chi connectivity index (χ1n) is 6.27. The smallest absolute Gasteiger partial charge is 0.275 e. The minimum atomic E-state index is -0.160. The van der Waals surface area contributed by atoms with Crippen LogP contribution in [0.2, 0.25) is 0 Å². The van der Waals surface area contributed by atoms with Crippen LogP contribution in [0.25, 0.3) is 6.08 Å². The molecule has 0 saturated heterocycles. The van der Waals surface area contributed by atoms with E-state index in [4.69, 9.17) is 4.74 Å². The second-order valence-electron chi connectivity index (χ2n) is 4.88. The van der Waals surface area contributed by atoms with Crippen molar-refractivity contribution in [1.29, 1.82) is 0 Å². The van der Waals surface area contributed by atoms with Crippen LogP contribution in [0.1, 0.15) is 25.0 Å². The van der Waals surface area contributed by atoms with Gasteiger partial charge in [-0.1, -0.05) is 25.5 Å². The Balaban J connectivity index is 2.41. The number of ether oxygens (including phenoxy) is 1. The lowest BCUT2D eigenvalue weighted by atomic mass is 10.1. The first-order valence-corrected chi connectivity index (χ1v) is 6.27. The maximum absolute atomic E-state index is 11.8. The third kappa shape index (κ3) is 2.84. The van der Waals surface area contributed by atoms with Crippen LogP contribution in [0.3, 0.4) is 0 Å². The highest BCUT2D eigenvalue weighted by atomic mass is 16.5. The monoisotopic (exact) mass is 258 g/mol. The summed E-state index contributed by atoms with van der Waals surface area (Å²) < 4.78 is 5.30. The highest BCUT2D eigenvalue weighted by Gasteiger charge is 2.22. The molecule has 0 unspecified atom stereocenters. The average molecular weight is 258 g/mol. The molecule has 0 spiro atoms. The number of aliphatic imine (C=N–C) groups is 1. The van der Waals surface area contributed by atoms with E-state index in [9.17, 15) is 4.79 Å². The normalized spacial score (nSPS) is 16.8. The second kappa shape index (κ2) is 5.26. The maximum atomic E-state index is 11.8. The van der Waals surface area contributed by atoms with E-state index in [1.54, 1.807) is 13.2 Å². The number of rotatable bonds is 3. The molecule has 1 amide bonds. The van der Waals surface area contributed by atoms with E-state index in [0.29, 0.717) is 11.5 Å². The van der Waals surface area contributed by atoms with E-state index in [1.807, 2.05) is 39.0 Å². The van der Waals surface area contributed by atoms with Gasteiger partial charge in [0.25, 0.3) is 5.91 Å². The first-order chi connectivity index (χ1) is 9.01. The van der Waals surface area contributed by atoms with Gasteiger partial charge in [0.05, 0.1) is 7.11 Å². The summed E-state index contributed by atoms with van der Waals surface area (Å²) in [6.07, 6.45) is 1.76. The van der Waals surface area contributed by atoms with Crippen molar-refractivity contribution in [3.8, 4) is 5.75 Å². The highest BCUT2D eigenvalue weighted by Crippen LogP contribution is 2.24. The van der Waals surface area contributed by atoms with E-state index >= 15 is 0 Å². The van der Waals surface area contributed by atoms with Gasteiger partial charge in [0.2, 0.25) is 0 Å². The van der Waals surface area contributed by atoms with Crippen molar-refractivity contribution in [2.24, 2.45) is 10.9 Å². The first kappa shape index (κ1) is 13.3. The minimum absolute atomic E-state index is 0.160. The van der Waals surface area contributed by atoms with Crippen LogP contribution in [-0.4, -0.2) is 18.9 Å². The van der Waals surface area contributed by atoms with Crippen molar-refractivity contribution in [3.05, 3.63) is 35.0 Å². The van der Waals surface area contributed by atoms with Gasteiger partial charge in [-0.25, -0.2) is 4.99 Å². The van der Waals surface area contributed by atoms with E-state index in [-0.39, 0.29) is 11.8 Å². The van der Waals surface area contributed by atoms with Gasteiger partial charge in [-0.15, -0.1) is 0 Å². The van der Waals surface area contributed by atoms with Crippen molar-refractivity contribution in [2.45, 2.75) is 20.8 Å². The third-order valence-electron chi connectivity index (χ3n) is 2.94. The highest BCUT2D eigenvalue weighted by molar-refractivity contribution is 6.14. The van der Waals surface area contributed by atoms with Gasteiger partial charge in [0.1, 0.15) is 17.3 Å². The zero-order chi connectivity index (χ0) is 14.0. The molecule has 1 aromatic rings. The van der Waals surface area contributed by atoms with Gasteiger partial charge >= 0.3 is 0 Å². The summed E-state index contributed by atoms with van der Waals surface area (Å²) in [7, 11) is 1.62. The van der Waals surface area contributed by atoms with Gasteiger partial charge in [0, 0.05) is 11.5 Å². The molecule has 0 atom stereocenters. The van der Waals surface area contributed by atoms with Crippen LogP contribution in [0.4, 0.5) is 0 Å². The number of carbonyl (C=O) groups is 1. The number of benzene rings is 1. The number of hydrogen-bond donors (Lipinski definition) is 1. The van der Waals surface area contributed by atoms with Gasteiger partial charge in [-0.2, -0.15) is 0 Å². The van der Waals surface area contributed by atoms with E-state index in [1.165, 1.54) is 0 Å². The fourth-order valence-corrected chi connectivity index (χ4v) is 1.87. The molecular weight excluding hydrogens is 240 g/mol. The average Bonchev–Trinajstić information content (AvgIpc) is 2.72. The van der Waals surface area contributed by atoms with Crippen molar-refractivity contribution >= 4 is 17.8 Å². The van der Waals surface area contributed by atoms with Crippen LogP contribution in [0, 0.1) is 12.8 Å². The summed E-state index contributed by atoms with van der Waals surface area (Å²) in [5.74, 6) is 1.49. The van der Waals surface area contributed by atoms with Gasteiger partial charge < -0.3 is 10.1 Å². The van der Waals surface area contributed by atoms with Crippen LogP contribution in [0.5, 0.6) is 5.75 Å². The Kier molecular flexibility index (Phi) is 3.69. The van der Waals surface area contributed by atoms with Crippen LogP contribution in [-0.2, 0) is 4.79 Å². The standard InChI is InChI=1S/C15H18N2O2/c1-9(2)14-16-12(15(18)17-14)8-11-7-10(3)5-6-13(11)19-4/h5-9H,1-4H3,(H,16,17,18)/b12-8+. The Morgan fingerprint density at radius 3 is 2.68 bits per heavy atom. The summed E-state index contributed by atoms with van der Waals surface area (Å²) in [6, 6.07) is 5.84. The van der Waals surface area contributed by atoms with Gasteiger partial charge in [-0.05, 0) is 25.1 Å². The Bertz CT molecular complexity index is 572. The molecule has 1 aliphatic heterocycles. The van der Waals surface area contributed by atoms with E-state index < -0.39 is 0 Å². The number of carbonyl (C=O) groups excluding carboxylic acids is 1. The van der Waals surface area contributed by atoms with Crippen molar-refractivity contribution in [3.63, 3.8) is 0 Å². The molecule has 0 fully saturated rings. The molecule has 1 N–H and O–H groups in total. The Labute approximate surface area is 113 Å². The van der Waals surface area contributed by atoms with Gasteiger partial charge in [0.15, 0.2) is 0 Å². The third-order valence-corrected chi connectivity index (χ3v) is 2.94. The lowest BCUT2D eigenvalue weighted by molar-refractivity contribution is -0.115. The maximum Gasteiger partial charge on any atom is 0.275 e. The number of nitrogens with one attached hydrogen (secondary N) is 1. The number of aryl methyl sites for hydroxylation is 1. The second-order valence-corrected chi connectivity index (χ2v) is 4.88. The lowest BCUT2D eigenvalue weighted by Gasteiger charge is -2.05. The molecule has 0 radical (unpaired) electrons. The molecule has 0 bridgehead atoms. The number of nitrogens with zero attached hydrogens (tertiary/aromatic N) is 1. The fraction of sp³-hybridized carbons (Fsp3) is 0.333. The lowest BCUT2D eigenvalue weighted by Crippen LogP contribution is -2.27. The molecular formula is C15H18N2O2. The minimum Gasteiger partial charge on any atom is -0.496 e. The van der Waals surface area contributed by atoms with Crippen LogP contribution >= 0.6 is 0 Å².